The molecule has 1 aliphatic heterocycles. The average molecular weight is 282 g/mol. The van der Waals surface area contributed by atoms with Crippen LogP contribution in [0, 0.1) is 5.92 Å². The van der Waals surface area contributed by atoms with Crippen molar-refractivity contribution in [3.63, 3.8) is 0 Å². The first-order valence-electron chi connectivity index (χ1n) is 5.41. The summed E-state index contributed by atoms with van der Waals surface area (Å²) in [6.07, 6.45) is 2.06. The Labute approximate surface area is 102 Å². The Morgan fingerprint density at radius 3 is 3.19 bits per heavy atom. The number of fused-ring (bicyclic) bond motifs is 1. The second-order valence-corrected chi connectivity index (χ2v) is 4.90. The van der Waals surface area contributed by atoms with Crippen molar-refractivity contribution in [2.24, 2.45) is 5.92 Å². The van der Waals surface area contributed by atoms with Gasteiger partial charge in [0.1, 0.15) is 5.82 Å². The molecule has 0 bridgehead atoms. The summed E-state index contributed by atoms with van der Waals surface area (Å²) < 4.78 is 8.44. The van der Waals surface area contributed by atoms with E-state index < -0.39 is 0 Å². The molecule has 2 aromatic rings. The lowest BCUT2D eigenvalue weighted by atomic mass is 10.1. The molecule has 5 heteroatoms. The fourth-order valence-electron chi connectivity index (χ4n) is 2.09. The summed E-state index contributed by atoms with van der Waals surface area (Å²) in [5, 5.41) is 8.41. The van der Waals surface area contributed by atoms with Gasteiger partial charge in [0, 0.05) is 19.6 Å². The van der Waals surface area contributed by atoms with Gasteiger partial charge in [-0.1, -0.05) is 6.07 Å². The number of rotatable bonds is 2. The fraction of sp³-hybridized carbons (Fsp3) is 0.455. The number of ether oxygens (including phenoxy) is 1. The first kappa shape index (κ1) is 10.2. The van der Waals surface area contributed by atoms with E-state index in [4.69, 9.17) is 4.74 Å². The topological polar surface area (TPSA) is 39.4 Å². The van der Waals surface area contributed by atoms with Crippen LogP contribution in [0.25, 0.3) is 5.65 Å². The minimum atomic E-state index is 0.583. The van der Waals surface area contributed by atoms with Crippen LogP contribution in [0.1, 0.15) is 12.2 Å². The van der Waals surface area contributed by atoms with Gasteiger partial charge >= 0.3 is 0 Å². The van der Waals surface area contributed by atoms with Crippen molar-refractivity contribution in [2.75, 3.05) is 13.2 Å². The second kappa shape index (κ2) is 4.14. The highest BCUT2D eigenvalue weighted by Crippen LogP contribution is 2.20. The van der Waals surface area contributed by atoms with Crippen LogP contribution in [0.15, 0.2) is 22.8 Å². The second-order valence-electron chi connectivity index (χ2n) is 4.09. The van der Waals surface area contributed by atoms with Gasteiger partial charge < -0.3 is 4.74 Å². The predicted octanol–water partition coefficient (Wildman–Crippen LogP) is 2.07. The third kappa shape index (κ3) is 1.74. The molecular weight excluding hydrogens is 270 g/mol. The molecule has 4 nitrogen and oxygen atoms in total. The van der Waals surface area contributed by atoms with Crippen molar-refractivity contribution < 1.29 is 4.74 Å². The van der Waals surface area contributed by atoms with Crippen LogP contribution >= 0.6 is 15.9 Å². The van der Waals surface area contributed by atoms with Crippen molar-refractivity contribution in [1.82, 2.24) is 14.6 Å². The largest absolute Gasteiger partial charge is 0.381 e. The Morgan fingerprint density at radius 1 is 1.44 bits per heavy atom. The Bertz CT molecular complexity index is 505. The summed E-state index contributed by atoms with van der Waals surface area (Å²) in [5.74, 6) is 1.59. The highest BCUT2D eigenvalue weighted by atomic mass is 79.9. The lowest BCUT2D eigenvalue weighted by Crippen LogP contribution is -2.07. The Kier molecular flexibility index (Phi) is 2.65. The van der Waals surface area contributed by atoms with Gasteiger partial charge in [0.15, 0.2) is 5.65 Å². The number of pyridine rings is 1. The maximum Gasteiger partial charge on any atom is 0.161 e. The van der Waals surface area contributed by atoms with Crippen LogP contribution in [0.5, 0.6) is 0 Å². The molecule has 0 amide bonds. The van der Waals surface area contributed by atoms with Crippen LogP contribution in [0.3, 0.4) is 0 Å². The van der Waals surface area contributed by atoms with E-state index in [1.54, 1.807) is 0 Å². The van der Waals surface area contributed by atoms with Crippen molar-refractivity contribution in [2.45, 2.75) is 12.8 Å². The number of halogens is 1. The molecule has 1 atom stereocenters. The third-order valence-electron chi connectivity index (χ3n) is 2.94. The monoisotopic (exact) mass is 281 g/mol. The Morgan fingerprint density at radius 2 is 2.38 bits per heavy atom. The van der Waals surface area contributed by atoms with E-state index >= 15 is 0 Å². The van der Waals surface area contributed by atoms with Crippen LogP contribution in [-0.2, 0) is 11.2 Å². The summed E-state index contributed by atoms with van der Waals surface area (Å²) in [4.78, 5) is 0. The highest BCUT2D eigenvalue weighted by molar-refractivity contribution is 9.10. The Balaban J connectivity index is 1.97. The molecule has 3 rings (SSSR count). The number of aromatic nitrogens is 3. The zero-order valence-corrected chi connectivity index (χ0v) is 10.4. The minimum absolute atomic E-state index is 0.583. The molecule has 1 unspecified atom stereocenters. The van der Waals surface area contributed by atoms with Crippen molar-refractivity contribution in [1.29, 1.82) is 0 Å². The standard InChI is InChI=1S/C11H12BrN3O/c12-9-2-1-3-10-13-14-11(15(9)10)6-8-4-5-16-7-8/h1-3,8H,4-7H2. The molecule has 16 heavy (non-hydrogen) atoms. The zero-order chi connectivity index (χ0) is 11.0. The molecular formula is C11H12BrN3O. The highest BCUT2D eigenvalue weighted by Gasteiger charge is 2.19. The Hall–Kier alpha value is -0.940. The van der Waals surface area contributed by atoms with E-state index in [9.17, 15) is 0 Å². The van der Waals surface area contributed by atoms with Gasteiger partial charge in [-0.15, -0.1) is 10.2 Å². The van der Waals surface area contributed by atoms with E-state index in [1.807, 2.05) is 18.2 Å². The van der Waals surface area contributed by atoms with E-state index in [2.05, 4.69) is 30.5 Å². The maximum atomic E-state index is 5.38. The van der Waals surface area contributed by atoms with Gasteiger partial charge in [-0.2, -0.15) is 0 Å². The summed E-state index contributed by atoms with van der Waals surface area (Å²) >= 11 is 3.53. The fourth-order valence-corrected chi connectivity index (χ4v) is 2.63. The van der Waals surface area contributed by atoms with Crippen molar-refractivity contribution in [3.05, 3.63) is 28.6 Å². The molecule has 1 saturated heterocycles. The van der Waals surface area contributed by atoms with Crippen LogP contribution in [0.4, 0.5) is 0 Å². The quantitative estimate of drug-likeness (QED) is 0.792. The van der Waals surface area contributed by atoms with Crippen molar-refractivity contribution >= 4 is 21.6 Å². The molecule has 1 fully saturated rings. The van der Waals surface area contributed by atoms with Gasteiger partial charge in [-0.05, 0) is 40.4 Å². The summed E-state index contributed by atoms with van der Waals surface area (Å²) in [6.45, 7) is 1.72. The molecule has 0 radical (unpaired) electrons. The molecule has 0 spiro atoms. The van der Waals surface area contributed by atoms with E-state index in [0.29, 0.717) is 5.92 Å². The predicted molar refractivity (Wildman–Crippen MR) is 63.3 cm³/mol. The zero-order valence-electron chi connectivity index (χ0n) is 8.77. The first-order chi connectivity index (χ1) is 7.84. The molecule has 84 valence electrons. The molecule has 0 aromatic carbocycles. The SMILES string of the molecule is Brc1cccc2nnc(CC3CCOC3)n12. The summed E-state index contributed by atoms with van der Waals surface area (Å²) in [6, 6.07) is 5.94. The van der Waals surface area contributed by atoms with Gasteiger partial charge in [0.05, 0.1) is 4.60 Å². The van der Waals surface area contributed by atoms with E-state index in [1.165, 1.54) is 0 Å². The van der Waals surface area contributed by atoms with Gasteiger partial charge in [-0.25, -0.2) is 0 Å². The summed E-state index contributed by atoms with van der Waals surface area (Å²) in [7, 11) is 0. The molecule has 0 N–H and O–H groups in total. The number of hydrogen-bond acceptors (Lipinski definition) is 3. The lowest BCUT2D eigenvalue weighted by Gasteiger charge is -2.06. The van der Waals surface area contributed by atoms with Gasteiger partial charge in [0.25, 0.3) is 0 Å². The molecule has 0 saturated carbocycles. The van der Waals surface area contributed by atoms with Gasteiger partial charge in [0.2, 0.25) is 0 Å². The maximum absolute atomic E-state index is 5.38. The molecule has 2 aromatic heterocycles. The molecule has 0 aliphatic carbocycles. The normalized spacial score (nSPS) is 20.7. The summed E-state index contributed by atoms with van der Waals surface area (Å²) in [5.41, 5.74) is 0.892. The molecule has 1 aliphatic rings. The number of nitrogens with zero attached hydrogens (tertiary/aromatic N) is 3. The van der Waals surface area contributed by atoms with E-state index in [0.717, 1.165) is 42.1 Å². The van der Waals surface area contributed by atoms with E-state index in [-0.39, 0.29) is 0 Å². The van der Waals surface area contributed by atoms with Crippen LogP contribution < -0.4 is 0 Å². The third-order valence-corrected chi connectivity index (χ3v) is 3.56. The molecule has 3 heterocycles. The lowest BCUT2D eigenvalue weighted by molar-refractivity contribution is 0.185. The minimum Gasteiger partial charge on any atom is -0.381 e. The van der Waals surface area contributed by atoms with Crippen LogP contribution in [-0.4, -0.2) is 27.8 Å². The first-order valence-corrected chi connectivity index (χ1v) is 6.20. The average Bonchev–Trinajstić information content (AvgIpc) is 2.90. The number of hydrogen-bond donors (Lipinski definition) is 0. The van der Waals surface area contributed by atoms with Crippen molar-refractivity contribution in [3.8, 4) is 0 Å². The van der Waals surface area contributed by atoms with Crippen LogP contribution in [0.2, 0.25) is 0 Å². The van der Waals surface area contributed by atoms with Gasteiger partial charge in [-0.3, -0.25) is 4.40 Å². The smallest absolute Gasteiger partial charge is 0.161 e.